The molecule has 3 rings (SSSR count). The van der Waals surface area contributed by atoms with Gasteiger partial charge in [-0.3, -0.25) is 4.79 Å². The molecule has 0 N–H and O–H groups in total. The van der Waals surface area contributed by atoms with Gasteiger partial charge in [0.1, 0.15) is 6.10 Å². The number of esters is 1. The first-order valence-corrected chi connectivity index (χ1v) is 7.59. The van der Waals surface area contributed by atoms with Crippen LogP contribution in [0.15, 0.2) is 24.3 Å². The summed E-state index contributed by atoms with van der Waals surface area (Å²) >= 11 is 0. The number of rotatable bonds is 3. The molecule has 0 aromatic heterocycles. The summed E-state index contributed by atoms with van der Waals surface area (Å²) in [6.07, 6.45) is 5.04. The molecule has 0 saturated carbocycles. The molecule has 21 heavy (non-hydrogen) atoms. The minimum Gasteiger partial charge on any atom is -0.462 e. The number of piperidine rings is 1. The van der Waals surface area contributed by atoms with Crippen molar-refractivity contribution in [3.8, 4) is 0 Å². The SMILES string of the molecule is Cc1ccc(CC(=O)OC2C[C@H]3CC[C@@H](C2)N3C)cc1.Cl. The molecular weight excluding hydrogens is 286 g/mol. The molecule has 2 bridgehead atoms. The van der Waals surface area contributed by atoms with Crippen molar-refractivity contribution in [1.82, 2.24) is 4.90 Å². The lowest BCUT2D eigenvalue weighted by atomic mass is 10.0. The molecular formula is C17H24ClNO2. The fourth-order valence-electron chi connectivity index (χ4n) is 3.56. The Morgan fingerprint density at radius 2 is 1.76 bits per heavy atom. The van der Waals surface area contributed by atoms with E-state index in [-0.39, 0.29) is 24.5 Å². The van der Waals surface area contributed by atoms with Crippen molar-refractivity contribution in [3.63, 3.8) is 0 Å². The molecule has 1 unspecified atom stereocenters. The summed E-state index contributed by atoms with van der Waals surface area (Å²) in [5, 5.41) is 0. The summed E-state index contributed by atoms with van der Waals surface area (Å²) in [5.74, 6) is -0.0807. The molecule has 1 aromatic rings. The second-order valence-electron chi connectivity index (χ2n) is 6.30. The number of hydrogen-bond acceptors (Lipinski definition) is 3. The fraction of sp³-hybridized carbons (Fsp3) is 0.588. The molecule has 0 radical (unpaired) electrons. The molecule has 2 aliphatic heterocycles. The fourth-order valence-corrected chi connectivity index (χ4v) is 3.56. The molecule has 0 aliphatic carbocycles. The molecule has 2 aliphatic rings. The number of halogens is 1. The van der Waals surface area contributed by atoms with Gasteiger partial charge in [-0.1, -0.05) is 29.8 Å². The largest absolute Gasteiger partial charge is 0.462 e. The third-order valence-electron chi connectivity index (χ3n) is 4.82. The molecule has 0 spiro atoms. The van der Waals surface area contributed by atoms with Crippen molar-refractivity contribution in [2.24, 2.45) is 0 Å². The number of carbonyl (C=O) groups is 1. The number of carbonyl (C=O) groups excluding carboxylic acids is 1. The van der Waals surface area contributed by atoms with E-state index < -0.39 is 0 Å². The van der Waals surface area contributed by atoms with Crippen LogP contribution in [0.4, 0.5) is 0 Å². The predicted octanol–water partition coefficient (Wildman–Crippen LogP) is 3.13. The van der Waals surface area contributed by atoms with Crippen LogP contribution < -0.4 is 0 Å². The van der Waals surface area contributed by atoms with Crippen molar-refractivity contribution in [2.75, 3.05) is 7.05 Å². The number of aryl methyl sites for hydroxylation is 1. The first-order valence-electron chi connectivity index (χ1n) is 7.59. The van der Waals surface area contributed by atoms with E-state index in [1.165, 1.54) is 18.4 Å². The van der Waals surface area contributed by atoms with E-state index in [1.807, 2.05) is 24.3 Å². The highest BCUT2D eigenvalue weighted by atomic mass is 35.5. The van der Waals surface area contributed by atoms with Crippen molar-refractivity contribution >= 4 is 18.4 Å². The average molecular weight is 310 g/mol. The van der Waals surface area contributed by atoms with Crippen LogP contribution in [0.1, 0.15) is 36.8 Å². The number of nitrogens with zero attached hydrogens (tertiary/aromatic N) is 1. The Morgan fingerprint density at radius 1 is 1.19 bits per heavy atom. The molecule has 3 atom stereocenters. The van der Waals surface area contributed by atoms with Gasteiger partial charge in [0.25, 0.3) is 0 Å². The maximum absolute atomic E-state index is 12.0. The average Bonchev–Trinajstić information content (AvgIpc) is 2.64. The zero-order chi connectivity index (χ0) is 14.1. The summed E-state index contributed by atoms with van der Waals surface area (Å²) in [4.78, 5) is 14.5. The normalized spacial score (nSPS) is 28.0. The van der Waals surface area contributed by atoms with Crippen molar-refractivity contribution in [2.45, 2.75) is 57.2 Å². The Balaban J connectivity index is 0.00000161. The van der Waals surface area contributed by atoms with Gasteiger partial charge in [0.15, 0.2) is 0 Å². The number of fused-ring (bicyclic) bond motifs is 2. The van der Waals surface area contributed by atoms with E-state index in [1.54, 1.807) is 0 Å². The lowest BCUT2D eigenvalue weighted by Crippen LogP contribution is -2.43. The monoisotopic (exact) mass is 309 g/mol. The van der Waals surface area contributed by atoms with E-state index in [0.717, 1.165) is 18.4 Å². The Bertz CT molecular complexity index is 474. The van der Waals surface area contributed by atoms with Gasteiger partial charge in [0.2, 0.25) is 0 Å². The highest BCUT2D eigenvalue weighted by Crippen LogP contribution is 2.35. The van der Waals surface area contributed by atoms with Crippen LogP contribution in [0.5, 0.6) is 0 Å². The minimum absolute atomic E-state index is 0. The van der Waals surface area contributed by atoms with Gasteiger partial charge in [-0.25, -0.2) is 0 Å². The molecule has 116 valence electrons. The molecule has 0 amide bonds. The smallest absolute Gasteiger partial charge is 0.310 e. The van der Waals surface area contributed by atoms with Gasteiger partial charge in [-0.05, 0) is 45.2 Å². The summed E-state index contributed by atoms with van der Waals surface area (Å²) in [7, 11) is 2.20. The van der Waals surface area contributed by atoms with Gasteiger partial charge in [-0.2, -0.15) is 0 Å². The second-order valence-corrected chi connectivity index (χ2v) is 6.30. The lowest BCUT2D eigenvalue weighted by molar-refractivity contribution is -0.151. The summed E-state index contributed by atoms with van der Waals surface area (Å²) in [5.41, 5.74) is 2.26. The van der Waals surface area contributed by atoms with Crippen molar-refractivity contribution in [3.05, 3.63) is 35.4 Å². The highest BCUT2D eigenvalue weighted by molar-refractivity contribution is 5.85. The maximum Gasteiger partial charge on any atom is 0.310 e. The third-order valence-corrected chi connectivity index (χ3v) is 4.82. The van der Waals surface area contributed by atoms with Crippen LogP contribution in [-0.4, -0.2) is 36.1 Å². The van der Waals surface area contributed by atoms with Crippen LogP contribution in [0, 0.1) is 6.92 Å². The number of ether oxygens (including phenoxy) is 1. The lowest BCUT2D eigenvalue weighted by Gasteiger charge is -2.35. The van der Waals surface area contributed by atoms with Gasteiger partial charge in [0.05, 0.1) is 6.42 Å². The second kappa shape index (κ2) is 6.80. The quantitative estimate of drug-likeness (QED) is 0.803. The van der Waals surface area contributed by atoms with Crippen LogP contribution in [-0.2, 0) is 16.0 Å². The number of benzene rings is 1. The zero-order valence-corrected chi connectivity index (χ0v) is 13.6. The minimum atomic E-state index is -0.0807. The standard InChI is InChI=1S/C17H23NO2.ClH/c1-12-3-5-13(6-4-12)9-17(19)20-16-10-14-7-8-15(11-16)18(14)2;/h3-6,14-16H,7-11H2,1-2H3;1H/t14-,15+,16?;. The molecule has 4 heteroatoms. The summed E-state index contributed by atoms with van der Waals surface area (Å²) in [6, 6.07) is 9.33. The highest BCUT2D eigenvalue weighted by Gasteiger charge is 2.39. The van der Waals surface area contributed by atoms with E-state index in [2.05, 4.69) is 18.9 Å². The summed E-state index contributed by atoms with van der Waals surface area (Å²) in [6.45, 7) is 2.05. The molecule has 2 heterocycles. The summed E-state index contributed by atoms with van der Waals surface area (Å²) < 4.78 is 5.69. The molecule has 2 fully saturated rings. The maximum atomic E-state index is 12.0. The van der Waals surface area contributed by atoms with E-state index in [4.69, 9.17) is 4.74 Å². The van der Waals surface area contributed by atoms with Gasteiger partial charge >= 0.3 is 5.97 Å². The van der Waals surface area contributed by atoms with Crippen LogP contribution in [0.3, 0.4) is 0 Å². The molecule has 1 aromatic carbocycles. The zero-order valence-electron chi connectivity index (χ0n) is 12.7. The Labute approximate surface area is 133 Å². The van der Waals surface area contributed by atoms with E-state index >= 15 is 0 Å². The number of hydrogen-bond donors (Lipinski definition) is 0. The van der Waals surface area contributed by atoms with Crippen molar-refractivity contribution < 1.29 is 9.53 Å². The Kier molecular flexibility index (Phi) is 5.28. The first kappa shape index (κ1) is 16.3. The van der Waals surface area contributed by atoms with Gasteiger partial charge < -0.3 is 9.64 Å². The third kappa shape index (κ3) is 3.78. The molecule has 3 nitrogen and oxygen atoms in total. The van der Waals surface area contributed by atoms with Gasteiger partial charge in [0, 0.05) is 12.1 Å². The van der Waals surface area contributed by atoms with E-state index in [0.29, 0.717) is 18.5 Å². The van der Waals surface area contributed by atoms with Gasteiger partial charge in [-0.15, -0.1) is 12.4 Å². The first-order chi connectivity index (χ1) is 9.61. The predicted molar refractivity (Wildman–Crippen MR) is 85.8 cm³/mol. The Hall–Kier alpha value is -1.06. The topological polar surface area (TPSA) is 29.5 Å². The molecule has 2 saturated heterocycles. The van der Waals surface area contributed by atoms with Crippen LogP contribution in [0.25, 0.3) is 0 Å². The van der Waals surface area contributed by atoms with Crippen LogP contribution >= 0.6 is 12.4 Å². The van der Waals surface area contributed by atoms with Crippen molar-refractivity contribution in [1.29, 1.82) is 0 Å². The van der Waals surface area contributed by atoms with Crippen LogP contribution in [0.2, 0.25) is 0 Å². The Morgan fingerprint density at radius 3 is 2.33 bits per heavy atom. The van der Waals surface area contributed by atoms with E-state index in [9.17, 15) is 4.79 Å².